The highest BCUT2D eigenvalue weighted by atomic mass is 32.2. The zero-order valence-corrected chi connectivity index (χ0v) is 22.4. The molecule has 0 aliphatic carbocycles. The van der Waals surface area contributed by atoms with Gasteiger partial charge in [0.05, 0.1) is 0 Å². The molecule has 0 radical (unpaired) electrons. The molecule has 3 aromatic rings. The number of halogens is 6. The molecule has 1 aliphatic heterocycles. The Hall–Kier alpha value is -3.17. The molecule has 216 valence electrons. The predicted molar refractivity (Wildman–Crippen MR) is 134 cm³/mol. The second-order valence-electron chi connectivity index (χ2n) is 9.17. The van der Waals surface area contributed by atoms with E-state index in [4.69, 9.17) is 0 Å². The minimum Gasteiger partial charge on any atom is -0.438 e. The van der Waals surface area contributed by atoms with E-state index in [-0.39, 0.29) is 23.8 Å². The summed E-state index contributed by atoms with van der Waals surface area (Å²) in [6.45, 7) is 0.720. The largest absolute Gasteiger partial charge is 0.490 e. The maximum atomic E-state index is 13.8. The van der Waals surface area contributed by atoms with Gasteiger partial charge in [-0.25, -0.2) is 13.2 Å². The van der Waals surface area contributed by atoms with Crippen LogP contribution in [0.4, 0.5) is 32.0 Å². The van der Waals surface area contributed by atoms with Gasteiger partial charge in [-0.05, 0) is 54.6 Å². The molecule has 0 unspecified atom stereocenters. The van der Waals surface area contributed by atoms with Crippen molar-refractivity contribution in [3.63, 3.8) is 0 Å². The number of hydrogen-bond donors (Lipinski definition) is 0. The number of benzene rings is 1. The number of hydrogen-bond acceptors (Lipinski definition) is 7. The third-order valence-corrected chi connectivity index (χ3v) is 9.81. The van der Waals surface area contributed by atoms with E-state index >= 15 is 0 Å². The first-order valence-corrected chi connectivity index (χ1v) is 14.1. The van der Waals surface area contributed by atoms with Crippen LogP contribution >= 0.6 is 11.3 Å². The first-order chi connectivity index (χ1) is 18.6. The Morgan fingerprint density at radius 1 is 1.02 bits per heavy atom. The van der Waals surface area contributed by atoms with Crippen molar-refractivity contribution in [1.82, 2.24) is 9.29 Å². The molecule has 4 rings (SSSR count). The summed E-state index contributed by atoms with van der Waals surface area (Å²) in [6.07, 6.45) is -7.42. The van der Waals surface area contributed by atoms with Crippen molar-refractivity contribution in [3.8, 4) is 0 Å². The van der Waals surface area contributed by atoms with E-state index < -0.39 is 45.6 Å². The summed E-state index contributed by atoms with van der Waals surface area (Å²) in [6, 6.07) is 10.7. The zero-order chi connectivity index (χ0) is 29.3. The molecule has 1 aliphatic rings. The minimum absolute atomic E-state index is 0.0772. The van der Waals surface area contributed by atoms with Crippen molar-refractivity contribution in [2.75, 3.05) is 24.5 Å². The molecule has 0 spiro atoms. The highest BCUT2D eigenvalue weighted by Crippen LogP contribution is 2.44. The average molecular weight is 608 g/mol. The van der Waals surface area contributed by atoms with Gasteiger partial charge < -0.3 is 9.64 Å². The van der Waals surface area contributed by atoms with Crippen LogP contribution in [0.1, 0.15) is 18.1 Å². The molecule has 7 nitrogen and oxygen atoms in total. The fourth-order valence-electron chi connectivity index (χ4n) is 4.38. The van der Waals surface area contributed by atoms with Gasteiger partial charge in [0.25, 0.3) is 10.0 Å². The van der Waals surface area contributed by atoms with Crippen molar-refractivity contribution in [1.29, 1.82) is 0 Å². The number of thiophene rings is 1. The Balaban J connectivity index is 1.64. The van der Waals surface area contributed by atoms with Crippen LogP contribution in [0.3, 0.4) is 0 Å². The number of ether oxygens (including phenoxy) is 1. The highest BCUT2D eigenvalue weighted by molar-refractivity contribution is 7.91. The quantitative estimate of drug-likeness (QED) is 0.273. The van der Waals surface area contributed by atoms with Crippen molar-refractivity contribution < 1.29 is 44.3 Å². The van der Waals surface area contributed by atoms with Gasteiger partial charge in [0.15, 0.2) is 0 Å². The smallest absolute Gasteiger partial charge is 0.438 e. The molecule has 0 bridgehead atoms. The summed E-state index contributed by atoms with van der Waals surface area (Å²) in [5.74, 6) is -2.96. The molecule has 2 aromatic heterocycles. The normalized spacial score (nSPS) is 18.8. The lowest BCUT2D eigenvalue weighted by molar-refractivity contribution is -0.285. The van der Waals surface area contributed by atoms with Gasteiger partial charge in [-0.3, -0.25) is 4.98 Å². The molecule has 0 amide bonds. The van der Waals surface area contributed by atoms with Gasteiger partial charge in [-0.1, -0.05) is 18.2 Å². The number of pyridine rings is 1. The summed E-state index contributed by atoms with van der Waals surface area (Å²) in [5, 5.41) is 1.65. The van der Waals surface area contributed by atoms with E-state index in [1.165, 1.54) is 22.5 Å². The van der Waals surface area contributed by atoms with Crippen LogP contribution in [-0.4, -0.2) is 61.7 Å². The van der Waals surface area contributed by atoms with Crippen LogP contribution in [0.15, 0.2) is 70.5 Å². The number of rotatable bonds is 7. The predicted octanol–water partition coefficient (Wildman–Crippen LogP) is 5.15. The number of carbonyl (C=O) groups is 1. The van der Waals surface area contributed by atoms with E-state index in [2.05, 4.69) is 9.72 Å². The second-order valence-corrected chi connectivity index (χ2v) is 12.3. The van der Waals surface area contributed by atoms with E-state index in [1.54, 1.807) is 36.0 Å². The summed E-state index contributed by atoms with van der Waals surface area (Å²) < 4.78 is 112. The molecule has 1 fully saturated rings. The lowest BCUT2D eigenvalue weighted by atomic mass is 9.94. The molecule has 1 aromatic carbocycles. The molecule has 2 atom stereocenters. The summed E-state index contributed by atoms with van der Waals surface area (Å²) >= 11 is 1.09. The van der Waals surface area contributed by atoms with Crippen molar-refractivity contribution in [2.24, 2.45) is 0 Å². The topological polar surface area (TPSA) is 79.8 Å². The van der Waals surface area contributed by atoms with E-state index in [0.717, 1.165) is 29.0 Å². The Bertz CT molecular complexity index is 1420. The Morgan fingerprint density at radius 2 is 1.68 bits per heavy atom. The summed E-state index contributed by atoms with van der Waals surface area (Å²) in [5.41, 5.74) is -2.99. The van der Waals surface area contributed by atoms with Gasteiger partial charge in [-0.2, -0.15) is 30.6 Å². The average Bonchev–Trinajstić information content (AvgIpc) is 3.44. The Kier molecular flexibility index (Phi) is 8.20. The molecular formula is C25H23F6N3O4S2. The fraction of sp³-hybridized carbons (Fsp3) is 0.360. The number of alkyl halides is 6. The van der Waals surface area contributed by atoms with Crippen LogP contribution in [-0.2, 0) is 31.6 Å². The fourth-order valence-corrected chi connectivity index (χ4v) is 7.00. The second kappa shape index (κ2) is 11.0. The number of aromatic nitrogens is 1. The van der Waals surface area contributed by atoms with E-state index in [0.29, 0.717) is 19.0 Å². The van der Waals surface area contributed by atoms with E-state index in [1.807, 2.05) is 4.90 Å². The minimum atomic E-state index is -5.62. The lowest BCUT2D eigenvalue weighted by Gasteiger charge is -2.42. The lowest BCUT2D eigenvalue weighted by Crippen LogP contribution is -2.55. The standard InChI is InChI=1S/C25H23F6N3O4S2/c1-23(25(29,30)31,38-22(35)24(26,27)28)18-4-6-19(7-5-18)34-13-12-33(40(36,37)21-3-2-14-39-21)16-20(34)15-17-8-10-32-11-9-17/h2-11,14,20H,12-13,15-16H2,1H3/t20-,23+/m0/s1. The first-order valence-electron chi connectivity index (χ1n) is 11.8. The number of sulfonamides is 1. The summed E-state index contributed by atoms with van der Waals surface area (Å²) in [7, 11) is -3.77. The molecular weight excluding hydrogens is 584 g/mol. The van der Waals surface area contributed by atoms with Crippen LogP contribution in [0, 0.1) is 0 Å². The SMILES string of the molecule is C[C@@](OC(=O)C(F)(F)F)(c1ccc(N2CCN(S(=O)(=O)c3cccs3)C[C@@H]2Cc2ccncc2)cc1)C(F)(F)F. The van der Waals surface area contributed by atoms with Crippen molar-refractivity contribution >= 4 is 33.0 Å². The van der Waals surface area contributed by atoms with E-state index in [9.17, 15) is 39.6 Å². The highest BCUT2D eigenvalue weighted by Gasteiger charge is 2.59. The molecule has 1 saturated heterocycles. The first kappa shape index (κ1) is 29.8. The van der Waals surface area contributed by atoms with Crippen molar-refractivity contribution in [3.05, 3.63) is 77.4 Å². The van der Waals surface area contributed by atoms with Crippen molar-refractivity contribution in [2.45, 2.75) is 41.5 Å². The molecule has 3 heterocycles. The van der Waals surface area contributed by atoms with Gasteiger partial charge in [0.1, 0.15) is 4.21 Å². The Labute approximate surface area is 230 Å². The number of piperazine rings is 1. The van der Waals surface area contributed by atoms with Gasteiger partial charge in [-0.15, -0.1) is 11.3 Å². The molecule has 15 heteroatoms. The third-order valence-electron chi connectivity index (χ3n) is 6.57. The number of nitrogens with zero attached hydrogens (tertiary/aromatic N) is 3. The van der Waals surface area contributed by atoms with Crippen LogP contribution in [0.25, 0.3) is 0 Å². The number of esters is 1. The number of carbonyl (C=O) groups excluding carboxylic acids is 1. The van der Waals surface area contributed by atoms with Crippen LogP contribution in [0.5, 0.6) is 0 Å². The van der Waals surface area contributed by atoms with Crippen LogP contribution < -0.4 is 4.90 Å². The maximum Gasteiger partial charge on any atom is 0.490 e. The molecule has 40 heavy (non-hydrogen) atoms. The monoisotopic (exact) mass is 607 g/mol. The zero-order valence-electron chi connectivity index (χ0n) is 20.8. The van der Waals surface area contributed by atoms with Gasteiger partial charge >= 0.3 is 18.3 Å². The summed E-state index contributed by atoms with van der Waals surface area (Å²) in [4.78, 5) is 17.1. The molecule has 0 N–H and O–H groups in total. The molecule has 0 saturated carbocycles. The van der Waals surface area contributed by atoms with Gasteiger partial charge in [0.2, 0.25) is 5.60 Å². The Morgan fingerprint density at radius 3 is 2.23 bits per heavy atom. The van der Waals surface area contributed by atoms with Crippen LogP contribution in [0.2, 0.25) is 0 Å². The number of anilines is 1. The third kappa shape index (κ3) is 6.10. The maximum absolute atomic E-state index is 13.8. The van der Waals surface area contributed by atoms with Gasteiger partial charge in [0, 0.05) is 49.3 Å².